The summed E-state index contributed by atoms with van der Waals surface area (Å²) in [4.78, 5) is 25.0. The summed E-state index contributed by atoms with van der Waals surface area (Å²) < 4.78 is 11.3. The largest absolute Gasteiger partial charge is 0.507 e. The van der Waals surface area contributed by atoms with E-state index in [1.165, 1.54) is 12.1 Å². The van der Waals surface area contributed by atoms with Gasteiger partial charge in [-0.1, -0.05) is 93.7 Å². The number of carbonyl (C=O) groups is 2. The number of benzene rings is 1. The second-order valence-corrected chi connectivity index (χ2v) is 9.66. The van der Waals surface area contributed by atoms with Gasteiger partial charge in [0.15, 0.2) is 0 Å². The van der Waals surface area contributed by atoms with Gasteiger partial charge >= 0.3 is 5.97 Å². The Labute approximate surface area is 247 Å². The van der Waals surface area contributed by atoms with Crippen LogP contribution >= 0.6 is 0 Å². The maximum atomic E-state index is 12.9. The fraction of sp³-hybridized carbons (Fsp3) is 0.486. The van der Waals surface area contributed by atoms with Gasteiger partial charge < -0.3 is 19.9 Å². The van der Waals surface area contributed by atoms with Crippen molar-refractivity contribution in [1.82, 2.24) is 5.32 Å². The number of allylic oxidation sites excluding steroid dienone is 10. The molecule has 0 spiro atoms. The smallest absolute Gasteiger partial charge is 0.341 e. The highest BCUT2D eigenvalue weighted by atomic mass is 16.5. The van der Waals surface area contributed by atoms with Crippen LogP contribution in [0.2, 0.25) is 0 Å². The number of carbonyl (C=O) groups excluding carboxylic acids is 2. The lowest BCUT2D eigenvalue weighted by atomic mass is 9.95. The molecule has 0 heterocycles. The number of ether oxygens (including phenoxy) is 2. The molecule has 226 valence electrons. The van der Waals surface area contributed by atoms with Gasteiger partial charge in [0.25, 0.3) is 5.91 Å². The molecule has 2 N–H and O–H groups in total. The lowest BCUT2D eigenvalue weighted by molar-refractivity contribution is -0.149. The minimum Gasteiger partial charge on any atom is -0.507 e. The molecule has 0 aliphatic carbocycles. The van der Waals surface area contributed by atoms with Gasteiger partial charge in [-0.2, -0.15) is 0 Å². The third-order valence-corrected chi connectivity index (χ3v) is 6.60. The fourth-order valence-corrected chi connectivity index (χ4v) is 4.03. The Balaban J connectivity index is 2.19. The summed E-state index contributed by atoms with van der Waals surface area (Å²) in [6.45, 7) is 6.73. The molecule has 0 unspecified atom stereocenters. The highest BCUT2D eigenvalue weighted by molar-refractivity contribution is 5.92. The summed E-state index contributed by atoms with van der Waals surface area (Å²) >= 11 is 0. The first-order valence-electron chi connectivity index (χ1n) is 15.1. The molecule has 0 aromatic heterocycles. The highest BCUT2D eigenvalue weighted by Crippen LogP contribution is 2.22. The number of phenols is 1. The zero-order valence-electron chi connectivity index (χ0n) is 25.4. The van der Waals surface area contributed by atoms with Crippen molar-refractivity contribution in [3.05, 3.63) is 90.6 Å². The fourth-order valence-electron chi connectivity index (χ4n) is 4.03. The van der Waals surface area contributed by atoms with Crippen molar-refractivity contribution in [3.8, 4) is 5.75 Å². The average molecular weight is 566 g/mol. The lowest BCUT2D eigenvalue weighted by Crippen LogP contribution is -2.49. The van der Waals surface area contributed by atoms with E-state index in [1.54, 1.807) is 12.1 Å². The van der Waals surface area contributed by atoms with Crippen molar-refractivity contribution in [1.29, 1.82) is 0 Å². The Morgan fingerprint density at radius 2 is 1.34 bits per heavy atom. The van der Waals surface area contributed by atoms with Crippen molar-refractivity contribution < 1.29 is 24.2 Å². The van der Waals surface area contributed by atoms with E-state index in [2.05, 4.69) is 73.0 Å². The number of hydrogen-bond donors (Lipinski definition) is 2. The summed E-state index contributed by atoms with van der Waals surface area (Å²) in [5, 5.41) is 12.6. The van der Waals surface area contributed by atoms with Crippen LogP contribution in [0.5, 0.6) is 5.75 Å². The number of esters is 1. The Bertz CT molecular complexity index is 1000. The molecule has 0 bridgehead atoms. The molecule has 0 radical (unpaired) electrons. The van der Waals surface area contributed by atoms with Crippen LogP contribution in [-0.4, -0.2) is 42.3 Å². The molecule has 1 rings (SSSR count). The number of unbranched alkanes of at least 4 members (excludes halogenated alkanes) is 2. The standard InChI is InChI=1S/C35H51NO5/c1-4-7-8-9-10-11-12-13-14-15-16-17-18-19-20-21-22-25-29-41-35(5-2,6-3)34(39)36-28-30-40-33(38)31-26-23-24-27-32(31)37/h7-8,10-11,13-14,16-17,19-20,23-24,26-27,37H,4-6,9,12,15,18,21-22,25,28-30H2,1-3H3,(H,36,39). The van der Waals surface area contributed by atoms with Gasteiger partial charge in [-0.15, -0.1) is 0 Å². The van der Waals surface area contributed by atoms with Crippen LogP contribution in [0.15, 0.2) is 85.0 Å². The zero-order valence-corrected chi connectivity index (χ0v) is 25.4. The minimum absolute atomic E-state index is 0.00959. The molecule has 0 aliphatic rings. The number of amides is 1. The molecule has 1 aromatic rings. The predicted molar refractivity (Wildman–Crippen MR) is 169 cm³/mol. The number of hydrogen-bond acceptors (Lipinski definition) is 5. The maximum absolute atomic E-state index is 12.9. The first-order valence-corrected chi connectivity index (χ1v) is 15.1. The average Bonchev–Trinajstić information content (AvgIpc) is 2.98. The molecule has 0 fully saturated rings. The van der Waals surface area contributed by atoms with Crippen LogP contribution in [0, 0.1) is 0 Å². The summed E-state index contributed by atoms with van der Waals surface area (Å²) in [5.41, 5.74) is -0.790. The predicted octanol–water partition coefficient (Wildman–Crippen LogP) is 8.16. The van der Waals surface area contributed by atoms with Crippen molar-refractivity contribution >= 4 is 11.9 Å². The molecule has 41 heavy (non-hydrogen) atoms. The van der Waals surface area contributed by atoms with E-state index in [-0.39, 0.29) is 30.4 Å². The Kier molecular flexibility index (Phi) is 20.3. The van der Waals surface area contributed by atoms with Gasteiger partial charge in [0.2, 0.25) is 0 Å². The van der Waals surface area contributed by atoms with Gasteiger partial charge in [-0.05, 0) is 76.3 Å². The highest BCUT2D eigenvalue weighted by Gasteiger charge is 2.35. The zero-order chi connectivity index (χ0) is 30.0. The number of para-hydroxylation sites is 1. The van der Waals surface area contributed by atoms with Crippen LogP contribution in [0.3, 0.4) is 0 Å². The van der Waals surface area contributed by atoms with Crippen molar-refractivity contribution in [3.63, 3.8) is 0 Å². The number of rotatable bonds is 22. The monoisotopic (exact) mass is 565 g/mol. The maximum Gasteiger partial charge on any atom is 0.341 e. The quantitative estimate of drug-likeness (QED) is 0.0842. The van der Waals surface area contributed by atoms with E-state index in [9.17, 15) is 14.7 Å². The molecular weight excluding hydrogens is 514 g/mol. The molecular formula is C35H51NO5. The van der Waals surface area contributed by atoms with Gasteiger partial charge in [0.1, 0.15) is 23.5 Å². The molecule has 6 heteroatoms. The Morgan fingerprint density at radius 1 is 0.780 bits per heavy atom. The van der Waals surface area contributed by atoms with Crippen molar-refractivity contribution in [2.75, 3.05) is 19.8 Å². The topological polar surface area (TPSA) is 84.9 Å². The van der Waals surface area contributed by atoms with E-state index >= 15 is 0 Å². The first kappa shape index (κ1) is 35.6. The van der Waals surface area contributed by atoms with Crippen LogP contribution in [-0.2, 0) is 14.3 Å². The van der Waals surface area contributed by atoms with E-state index in [4.69, 9.17) is 9.47 Å². The minimum atomic E-state index is -0.890. The third kappa shape index (κ3) is 15.9. The molecule has 1 aromatic carbocycles. The van der Waals surface area contributed by atoms with Crippen LogP contribution in [0.1, 0.15) is 95.3 Å². The number of phenolic OH excluding ortho intramolecular Hbond substituents is 1. The summed E-state index contributed by atoms with van der Waals surface area (Å²) in [6.07, 6.45) is 30.9. The van der Waals surface area contributed by atoms with Crippen LogP contribution in [0.25, 0.3) is 0 Å². The lowest BCUT2D eigenvalue weighted by Gasteiger charge is -2.30. The Morgan fingerprint density at radius 3 is 1.90 bits per heavy atom. The van der Waals surface area contributed by atoms with Crippen molar-refractivity contribution in [2.24, 2.45) is 0 Å². The Hall–Kier alpha value is -3.38. The normalized spacial score (nSPS) is 12.5. The second kappa shape index (κ2) is 23.3. The molecule has 0 saturated heterocycles. The van der Waals surface area contributed by atoms with E-state index in [0.717, 1.165) is 51.4 Å². The molecule has 6 nitrogen and oxygen atoms in total. The van der Waals surface area contributed by atoms with Crippen LogP contribution < -0.4 is 5.32 Å². The molecule has 0 atom stereocenters. The SMILES string of the molecule is CCC=CCC=CCC=CCC=CCC=CCCCCOC(CC)(CC)C(=O)NCCOC(=O)c1ccccc1O. The van der Waals surface area contributed by atoms with Crippen molar-refractivity contribution in [2.45, 2.75) is 90.6 Å². The summed E-state index contributed by atoms with van der Waals surface area (Å²) in [7, 11) is 0. The van der Waals surface area contributed by atoms with E-state index < -0.39 is 11.6 Å². The van der Waals surface area contributed by atoms with Gasteiger partial charge in [0.05, 0.1) is 6.54 Å². The summed E-state index contributed by atoms with van der Waals surface area (Å²) in [5.74, 6) is -0.954. The molecule has 0 saturated carbocycles. The van der Waals surface area contributed by atoms with Gasteiger partial charge in [-0.25, -0.2) is 4.79 Å². The number of aromatic hydroxyl groups is 1. The first-order chi connectivity index (χ1) is 20.0. The van der Waals surface area contributed by atoms with E-state index in [0.29, 0.717) is 19.4 Å². The number of nitrogens with one attached hydrogen (secondary N) is 1. The third-order valence-electron chi connectivity index (χ3n) is 6.60. The summed E-state index contributed by atoms with van der Waals surface area (Å²) in [6, 6.07) is 6.20. The van der Waals surface area contributed by atoms with Gasteiger partial charge in [-0.3, -0.25) is 4.79 Å². The molecule has 1 amide bonds. The van der Waals surface area contributed by atoms with Gasteiger partial charge in [0, 0.05) is 6.61 Å². The van der Waals surface area contributed by atoms with Crippen LogP contribution in [0.4, 0.5) is 0 Å². The second-order valence-electron chi connectivity index (χ2n) is 9.66. The molecule has 0 aliphatic heterocycles. The van der Waals surface area contributed by atoms with E-state index in [1.807, 2.05) is 13.8 Å².